The third-order valence-corrected chi connectivity index (χ3v) is 2.92. The summed E-state index contributed by atoms with van der Waals surface area (Å²) in [6.07, 6.45) is 1.81. The van der Waals surface area contributed by atoms with E-state index in [4.69, 9.17) is 14.1 Å². The molecule has 2 aromatic rings. The first kappa shape index (κ1) is 13.4. The number of amides is 1. The van der Waals surface area contributed by atoms with Crippen LogP contribution in [0.4, 0.5) is 0 Å². The van der Waals surface area contributed by atoms with Crippen molar-refractivity contribution in [3.05, 3.63) is 46.7 Å². The molecule has 0 spiro atoms. The van der Waals surface area contributed by atoms with Gasteiger partial charge in [0.05, 0.1) is 25.3 Å². The molecule has 0 aliphatic rings. The zero-order valence-corrected chi connectivity index (χ0v) is 11.6. The molecular weight excluding hydrogens is 312 g/mol. The number of furan rings is 2. The Morgan fingerprint density at radius 3 is 2.84 bits per heavy atom. The van der Waals surface area contributed by atoms with Gasteiger partial charge in [0, 0.05) is 6.54 Å². The first-order valence-corrected chi connectivity index (χ1v) is 6.44. The molecule has 0 N–H and O–H groups in total. The number of carbonyl (C=O) groups excluding carboxylic acids is 1. The normalized spacial score (nSPS) is 10.1. The fourth-order valence-corrected chi connectivity index (χ4v) is 1.92. The van der Waals surface area contributed by atoms with Gasteiger partial charge in [-0.25, -0.2) is 0 Å². The van der Waals surface area contributed by atoms with Crippen LogP contribution in [-0.4, -0.2) is 17.4 Å². The summed E-state index contributed by atoms with van der Waals surface area (Å²) < 4.78 is 11.0. The molecule has 0 atom stereocenters. The number of rotatable bonds is 5. The molecule has 0 radical (unpaired) electrons. The van der Waals surface area contributed by atoms with Crippen molar-refractivity contribution in [1.82, 2.24) is 4.90 Å². The lowest BCUT2D eigenvalue weighted by Crippen LogP contribution is -2.31. The maximum absolute atomic E-state index is 12.3. The Labute approximate surface area is 118 Å². The molecule has 0 saturated heterocycles. The minimum atomic E-state index is -0.266. The van der Waals surface area contributed by atoms with Gasteiger partial charge in [-0.2, -0.15) is 5.26 Å². The predicted octanol–water partition coefficient (Wildman–Crippen LogP) is 3.19. The van der Waals surface area contributed by atoms with Crippen molar-refractivity contribution < 1.29 is 13.6 Å². The van der Waals surface area contributed by atoms with Crippen LogP contribution in [-0.2, 0) is 6.54 Å². The quantitative estimate of drug-likeness (QED) is 0.847. The van der Waals surface area contributed by atoms with E-state index >= 15 is 0 Å². The second kappa shape index (κ2) is 6.25. The summed E-state index contributed by atoms with van der Waals surface area (Å²) >= 11 is 3.15. The van der Waals surface area contributed by atoms with Crippen molar-refractivity contribution in [2.75, 3.05) is 6.54 Å². The Kier molecular flexibility index (Phi) is 4.42. The molecule has 6 heteroatoms. The second-order valence-corrected chi connectivity index (χ2v) is 4.60. The maximum atomic E-state index is 12.3. The third kappa shape index (κ3) is 3.48. The van der Waals surface area contributed by atoms with E-state index in [9.17, 15) is 4.79 Å². The van der Waals surface area contributed by atoms with Crippen molar-refractivity contribution in [2.24, 2.45) is 0 Å². The van der Waals surface area contributed by atoms with Crippen LogP contribution in [0.5, 0.6) is 0 Å². The van der Waals surface area contributed by atoms with Crippen LogP contribution < -0.4 is 0 Å². The van der Waals surface area contributed by atoms with E-state index < -0.39 is 0 Å². The van der Waals surface area contributed by atoms with Crippen molar-refractivity contribution in [3.63, 3.8) is 0 Å². The van der Waals surface area contributed by atoms with Gasteiger partial charge in [0.2, 0.25) is 0 Å². The molecule has 0 aromatic carbocycles. The lowest BCUT2D eigenvalue weighted by Gasteiger charge is -2.18. The molecule has 5 nitrogen and oxygen atoms in total. The molecule has 0 unspecified atom stereocenters. The molecule has 1 amide bonds. The van der Waals surface area contributed by atoms with Gasteiger partial charge in [-0.05, 0) is 40.2 Å². The molecule has 98 valence electrons. The summed E-state index contributed by atoms with van der Waals surface area (Å²) in [5.41, 5.74) is 0. The first-order chi connectivity index (χ1) is 9.20. The van der Waals surface area contributed by atoms with Crippen LogP contribution in [0.15, 0.2) is 44.0 Å². The van der Waals surface area contributed by atoms with E-state index in [2.05, 4.69) is 15.9 Å². The largest absolute Gasteiger partial charge is 0.467 e. The number of nitriles is 1. The van der Waals surface area contributed by atoms with Gasteiger partial charge < -0.3 is 13.7 Å². The maximum Gasteiger partial charge on any atom is 0.290 e. The molecule has 19 heavy (non-hydrogen) atoms. The van der Waals surface area contributed by atoms with E-state index in [1.807, 2.05) is 6.07 Å². The Bertz CT molecular complexity index is 583. The minimum absolute atomic E-state index is 0.233. The van der Waals surface area contributed by atoms with Gasteiger partial charge in [0.15, 0.2) is 10.4 Å². The molecule has 0 fully saturated rings. The SMILES string of the molecule is N#CCCN(Cc1ccco1)C(=O)c1ccc(Br)o1. The van der Waals surface area contributed by atoms with E-state index in [-0.39, 0.29) is 18.1 Å². The molecule has 0 aliphatic heterocycles. The molecule has 0 saturated carbocycles. The Hall–Kier alpha value is -2.00. The van der Waals surface area contributed by atoms with Gasteiger partial charge in [-0.15, -0.1) is 0 Å². The lowest BCUT2D eigenvalue weighted by atomic mass is 10.3. The highest BCUT2D eigenvalue weighted by Gasteiger charge is 2.20. The van der Waals surface area contributed by atoms with Crippen molar-refractivity contribution >= 4 is 21.8 Å². The number of nitrogens with zero attached hydrogens (tertiary/aromatic N) is 2. The fraction of sp³-hybridized carbons (Fsp3) is 0.231. The third-order valence-electron chi connectivity index (χ3n) is 2.49. The Morgan fingerprint density at radius 1 is 1.42 bits per heavy atom. The molecular formula is C13H11BrN2O3. The van der Waals surface area contributed by atoms with Crippen LogP contribution in [0.2, 0.25) is 0 Å². The highest BCUT2D eigenvalue weighted by atomic mass is 79.9. The standard InChI is InChI=1S/C13H11BrN2O3/c14-12-5-4-11(19-12)13(17)16(7-2-6-15)9-10-3-1-8-18-10/h1,3-5,8H,2,7,9H2. The van der Waals surface area contributed by atoms with Gasteiger partial charge in [-0.1, -0.05) is 0 Å². The zero-order chi connectivity index (χ0) is 13.7. The van der Waals surface area contributed by atoms with Gasteiger partial charge in [-0.3, -0.25) is 4.79 Å². The van der Waals surface area contributed by atoms with Crippen LogP contribution in [0.25, 0.3) is 0 Å². The number of halogens is 1. The molecule has 2 aromatic heterocycles. The summed E-state index contributed by atoms with van der Waals surface area (Å²) in [6.45, 7) is 0.639. The molecule has 0 bridgehead atoms. The number of hydrogen-bond donors (Lipinski definition) is 0. The summed E-state index contributed by atoms with van der Waals surface area (Å²) in [6, 6.07) is 8.81. The van der Waals surface area contributed by atoms with E-state index in [0.717, 1.165) is 0 Å². The van der Waals surface area contributed by atoms with E-state index in [1.54, 1.807) is 30.5 Å². The summed E-state index contributed by atoms with van der Waals surface area (Å²) in [7, 11) is 0. The summed E-state index contributed by atoms with van der Waals surface area (Å²) in [4.78, 5) is 13.8. The van der Waals surface area contributed by atoms with Crippen molar-refractivity contribution in [1.29, 1.82) is 5.26 Å². The average molecular weight is 323 g/mol. The molecule has 2 heterocycles. The molecule has 0 aliphatic carbocycles. The van der Waals surface area contributed by atoms with Crippen molar-refractivity contribution in [2.45, 2.75) is 13.0 Å². The van der Waals surface area contributed by atoms with E-state index in [1.165, 1.54) is 4.90 Å². The smallest absolute Gasteiger partial charge is 0.290 e. The zero-order valence-electron chi connectivity index (χ0n) is 10.0. The average Bonchev–Trinajstić information content (AvgIpc) is 3.05. The number of carbonyl (C=O) groups is 1. The highest BCUT2D eigenvalue weighted by molar-refractivity contribution is 9.10. The minimum Gasteiger partial charge on any atom is -0.467 e. The van der Waals surface area contributed by atoms with E-state index in [0.29, 0.717) is 23.5 Å². The predicted molar refractivity (Wildman–Crippen MR) is 70.1 cm³/mol. The second-order valence-electron chi connectivity index (χ2n) is 3.82. The summed E-state index contributed by atoms with van der Waals surface area (Å²) in [5, 5.41) is 8.66. The Morgan fingerprint density at radius 2 is 2.26 bits per heavy atom. The van der Waals surface area contributed by atoms with Crippen LogP contribution in [0, 0.1) is 11.3 Å². The monoisotopic (exact) mass is 322 g/mol. The highest BCUT2D eigenvalue weighted by Crippen LogP contribution is 2.17. The van der Waals surface area contributed by atoms with Gasteiger partial charge >= 0.3 is 0 Å². The fourth-order valence-electron chi connectivity index (χ4n) is 1.61. The van der Waals surface area contributed by atoms with Crippen LogP contribution >= 0.6 is 15.9 Å². The number of hydrogen-bond acceptors (Lipinski definition) is 4. The lowest BCUT2D eigenvalue weighted by molar-refractivity contribution is 0.0702. The topological polar surface area (TPSA) is 70.4 Å². The van der Waals surface area contributed by atoms with Crippen LogP contribution in [0.3, 0.4) is 0 Å². The van der Waals surface area contributed by atoms with Crippen LogP contribution in [0.1, 0.15) is 22.7 Å². The Balaban J connectivity index is 2.12. The van der Waals surface area contributed by atoms with Gasteiger partial charge in [0.25, 0.3) is 5.91 Å². The van der Waals surface area contributed by atoms with Gasteiger partial charge in [0.1, 0.15) is 5.76 Å². The molecule has 2 rings (SSSR count). The van der Waals surface area contributed by atoms with Crippen molar-refractivity contribution in [3.8, 4) is 6.07 Å². The summed E-state index contributed by atoms with van der Waals surface area (Å²) in [5.74, 6) is 0.630. The first-order valence-electron chi connectivity index (χ1n) is 5.64.